The van der Waals surface area contributed by atoms with Crippen molar-refractivity contribution in [3.05, 3.63) is 29.8 Å². The van der Waals surface area contributed by atoms with E-state index >= 15 is 0 Å². The van der Waals surface area contributed by atoms with Crippen LogP contribution in [0.4, 0.5) is 5.69 Å². The smallest absolute Gasteiger partial charge is 0.0367 e. The molecule has 1 saturated heterocycles. The minimum atomic E-state index is 0.829. The maximum Gasteiger partial charge on any atom is 0.0367 e. The lowest BCUT2D eigenvalue weighted by Gasteiger charge is -2.30. The molecule has 0 amide bonds. The Hall–Kier alpha value is -1.02. The van der Waals surface area contributed by atoms with Crippen LogP contribution in [0.1, 0.15) is 43.6 Å². The van der Waals surface area contributed by atoms with E-state index in [1.807, 2.05) is 0 Å². The fourth-order valence-corrected chi connectivity index (χ4v) is 3.32. The van der Waals surface area contributed by atoms with Gasteiger partial charge in [0.05, 0.1) is 0 Å². The first-order valence-corrected chi connectivity index (χ1v) is 7.49. The summed E-state index contributed by atoms with van der Waals surface area (Å²) in [5.74, 6) is 0.829. The Morgan fingerprint density at radius 1 is 0.889 bits per heavy atom. The lowest BCUT2D eigenvalue weighted by atomic mass is 9.84. The molecule has 2 aliphatic rings. The number of hydrogen-bond donors (Lipinski definition) is 1. The average molecular weight is 244 g/mol. The van der Waals surface area contributed by atoms with Gasteiger partial charge in [0.2, 0.25) is 0 Å². The van der Waals surface area contributed by atoms with Gasteiger partial charge in [0.25, 0.3) is 0 Å². The summed E-state index contributed by atoms with van der Waals surface area (Å²) in [6, 6.07) is 9.39. The number of benzene rings is 1. The topological polar surface area (TPSA) is 15.3 Å². The third-order valence-corrected chi connectivity index (χ3v) is 4.45. The molecule has 1 N–H and O–H groups in total. The molecule has 2 nitrogen and oxygen atoms in total. The molecule has 1 aromatic rings. The molecule has 2 fully saturated rings. The Balaban J connectivity index is 1.67. The highest BCUT2D eigenvalue weighted by molar-refractivity contribution is 5.48. The van der Waals surface area contributed by atoms with Crippen LogP contribution in [-0.2, 0) is 0 Å². The molecular weight excluding hydrogens is 220 g/mol. The summed E-state index contributed by atoms with van der Waals surface area (Å²) in [5, 5.41) is 3.41. The second kappa shape index (κ2) is 5.75. The normalized spacial score (nSPS) is 22.1. The van der Waals surface area contributed by atoms with Crippen molar-refractivity contribution in [1.82, 2.24) is 5.32 Å². The molecule has 1 heterocycles. The third kappa shape index (κ3) is 2.69. The van der Waals surface area contributed by atoms with E-state index in [1.54, 1.807) is 5.56 Å². The minimum Gasteiger partial charge on any atom is -0.369 e. The zero-order valence-electron chi connectivity index (χ0n) is 11.2. The average Bonchev–Trinajstić information content (AvgIpc) is 2.49. The van der Waals surface area contributed by atoms with Crippen LogP contribution in [-0.4, -0.2) is 26.2 Å². The first kappa shape index (κ1) is 12.0. The molecule has 0 spiro atoms. The summed E-state index contributed by atoms with van der Waals surface area (Å²) in [5.41, 5.74) is 2.96. The summed E-state index contributed by atoms with van der Waals surface area (Å²) in [6.07, 6.45) is 7.07. The van der Waals surface area contributed by atoms with Crippen LogP contribution in [0, 0.1) is 0 Å². The largest absolute Gasteiger partial charge is 0.369 e. The van der Waals surface area contributed by atoms with Crippen molar-refractivity contribution >= 4 is 5.69 Å². The molecule has 0 atom stereocenters. The third-order valence-electron chi connectivity index (χ3n) is 4.45. The summed E-state index contributed by atoms with van der Waals surface area (Å²) in [4.78, 5) is 2.49. The van der Waals surface area contributed by atoms with Crippen LogP contribution in [0.3, 0.4) is 0 Å². The molecule has 0 radical (unpaired) electrons. The fraction of sp³-hybridized carbons (Fsp3) is 0.625. The van der Waals surface area contributed by atoms with Crippen molar-refractivity contribution in [1.29, 1.82) is 0 Å². The van der Waals surface area contributed by atoms with Gasteiger partial charge in [-0.3, -0.25) is 0 Å². The van der Waals surface area contributed by atoms with Crippen molar-refractivity contribution < 1.29 is 0 Å². The predicted octanol–water partition coefficient (Wildman–Crippen LogP) is 3.14. The second-order valence-corrected chi connectivity index (χ2v) is 5.66. The van der Waals surface area contributed by atoms with E-state index in [4.69, 9.17) is 0 Å². The van der Waals surface area contributed by atoms with Crippen molar-refractivity contribution in [2.45, 2.75) is 38.0 Å². The Morgan fingerprint density at radius 3 is 2.22 bits per heavy atom. The van der Waals surface area contributed by atoms with Gasteiger partial charge in [-0.15, -0.1) is 0 Å². The van der Waals surface area contributed by atoms with Crippen LogP contribution in [0.5, 0.6) is 0 Å². The van der Waals surface area contributed by atoms with Gasteiger partial charge in [-0.05, 0) is 36.5 Å². The Bertz CT molecular complexity index is 322. The molecule has 1 aromatic carbocycles. The Labute approximate surface area is 110 Å². The zero-order valence-corrected chi connectivity index (χ0v) is 11.2. The Kier molecular flexibility index (Phi) is 3.84. The molecule has 1 aliphatic carbocycles. The number of piperazine rings is 1. The predicted molar refractivity (Wildman–Crippen MR) is 77.4 cm³/mol. The molecule has 1 aliphatic heterocycles. The number of anilines is 1. The molecule has 2 heteroatoms. The maximum absolute atomic E-state index is 3.41. The SMILES string of the molecule is c1cc(N2CCNCC2)ccc1C1CCCCC1. The van der Waals surface area contributed by atoms with Crippen LogP contribution in [0.2, 0.25) is 0 Å². The van der Waals surface area contributed by atoms with E-state index in [0.29, 0.717) is 0 Å². The highest BCUT2D eigenvalue weighted by atomic mass is 15.2. The Morgan fingerprint density at radius 2 is 1.56 bits per heavy atom. The lowest BCUT2D eigenvalue weighted by Crippen LogP contribution is -2.43. The lowest BCUT2D eigenvalue weighted by molar-refractivity contribution is 0.443. The van der Waals surface area contributed by atoms with E-state index < -0.39 is 0 Å². The minimum absolute atomic E-state index is 0.829. The maximum atomic E-state index is 3.41. The first-order chi connectivity index (χ1) is 8.93. The van der Waals surface area contributed by atoms with Crippen molar-refractivity contribution in [2.24, 2.45) is 0 Å². The second-order valence-electron chi connectivity index (χ2n) is 5.66. The molecule has 3 rings (SSSR count). The van der Waals surface area contributed by atoms with Crippen LogP contribution in [0.15, 0.2) is 24.3 Å². The van der Waals surface area contributed by atoms with Crippen LogP contribution < -0.4 is 10.2 Å². The van der Waals surface area contributed by atoms with Crippen LogP contribution >= 0.6 is 0 Å². The molecule has 18 heavy (non-hydrogen) atoms. The van der Waals surface area contributed by atoms with Crippen LogP contribution in [0.25, 0.3) is 0 Å². The molecule has 0 bridgehead atoms. The van der Waals surface area contributed by atoms with E-state index in [2.05, 4.69) is 34.5 Å². The van der Waals surface area contributed by atoms with Gasteiger partial charge in [0.1, 0.15) is 0 Å². The molecule has 1 saturated carbocycles. The summed E-state index contributed by atoms with van der Waals surface area (Å²) < 4.78 is 0. The van der Waals surface area contributed by atoms with Gasteiger partial charge in [-0.2, -0.15) is 0 Å². The number of nitrogens with one attached hydrogen (secondary N) is 1. The zero-order chi connectivity index (χ0) is 12.2. The van der Waals surface area contributed by atoms with Crippen molar-refractivity contribution in [3.8, 4) is 0 Å². The molecule has 0 unspecified atom stereocenters. The fourth-order valence-electron chi connectivity index (χ4n) is 3.32. The number of rotatable bonds is 2. The van der Waals surface area contributed by atoms with E-state index in [0.717, 1.165) is 32.1 Å². The van der Waals surface area contributed by atoms with Crippen molar-refractivity contribution in [3.63, 3.8) is 0 Å². The highest BCUT2D eigenvalue weighted by Gasteiger charge is 2.16. The van der Waals surface area contributed by atoms with E-state index in [1.165, 1.54) is 37.8 Å². The quantitative estimate of drug-likeness (QED) is 0.860. The molecular formula is C16H24N2. The van der Waals surface area contributed by atoms with Gasteiger partial charge in [-0.1, -0.05) is 31.4 Å². The molecule has 98 valence electrons. The highest BCUT2D eigenvalue weighted by Crippen LogP contribution is 2.33. The summed E-state index contributed by atoms with van der Waals surface area (Å²) in [6.45, 7) is 4.51. The summed E-state index contributed by atoms with van der Waals surface area (Å²) in [7, 11) is 0. The van der Waals surface area contributed by atoms with Gasteiger partial charge in [0.15, 0.2) is 0 Å². The first-order valence-electron chi connectivity index (χ1n) is 7.49. The standard InChI is InChI=1S/C16H24N2/c1-2-4-14(5-3-1)15-6-8-16(9-7-15)18-12-10-17-11-13-18/h6-9,14,17H,1-5,10-13H2. The van der Waals surface area contributed by atoms with E-state index in [9.17, 15) is 0 Å². The van der Waals surface area contributed by atoms with E-state index in [-0.39, 0.29) is 0 Å². The van der Waals surface area contributed by atoms with Crippen molar-refractivity contribution in [2.75, 3.05) is 31.1 Å². The molecule has 0 aromatic heterocycles. The van der Waals surface area contributed by atoms with Gasteiger partial charge >= 0.3 is 0 Å². The summed E-state index contributed by atoms with van der Waals surface area (Å²) >= 11 is 0. The van der Waals surface area contributed by atoms with Gasteiger partial charge in [0, 0.05) is 31.9 Å². The van der Waals surface area contributed by atoms with Gasteiger partial charge in [-0.25, -0.2) is 0 Å². The number of nitrogens with zero attached hydrogens (tertiary/aromatic N) is 1. The monoisotopic (exact) mass is 244 g/mol. The van der Waals surface area contributed by atoms with Gasteiger partial charge < -0.3 is 10.2 Å². The number of hydrogen-bond acceptors (Lipinski definition) is 2.